The number of carbonyl (C=O) groups is 1. The molecule has 0 spiro atoms. The molecule has 2 atom stereocenters. The first-order valence-corrected chi connectivity index (χ1v) is 10.5. The van der Waals surface area contributed by atoms with Crippen LogP contribution < -0.4 is 9.47 Å². The van der Waals surface area contributed by atoms with E-state index in [2.05, 4.69) is 41.3 Å². The lowest BCUT2D eigenvalue weighted by Crippen LogP contribution is -2.39. The van der Waals surface area contributed by atoms with Crippen molar-refractivity contribution in [3.8, 4) is 22.6 Å². The molecule has 1 heterocycles. The average Bonchev–Trinajstić information content (AvgIpc) is 3.30. The maximum Gasteiger partial charge on any atom is 0.320 e. The van der Waals surface area contributed by atoms with Crippen molar-refractivity contribution in [2.45, 2.75) is 24.9 Å². The fraction of sp³-hybridized carbons (Fsp3) is 0.269. The third-order valence-corrected chi connectivity index (χ3v) is 5.98. The van der Waals surface area contributed by atoms with E-state index in [1.54, 1.807) is 14.2 Å². The number of hydrogen-bond donors (Lipinski definition) is 1. The molecule has 0 radical (unpaired) electrons. The molecule has 1 fully saturated rings. The standard InChI is InChI=1S/C26H27NO4/c1-30-22-11-6-12-23(31-2)24(22)25(27-17-7-10-21(27)26(28)29)20-15-13-19(14-16-20)18-8-4-3-5-9-18/h3-6,8-9,11-16,21,25H,7,10,17H2,1-2H3,(H,28,29). The van der Waals surface area contributed by atoms with Gasteiger partial charge >= 0.3 is 5.97 Å². The molecule has 0 amide bonds. The lowest BCUT2D eigenvalue weighted by Gasteiger charge is -2.33. The topological polar surface area (TPSA) is 59.0 Å². The molecule has 3 aromatic rings. The molecule has 4 rings (SSSR count). The molecule has 1 aliphatic rings. The summed E-state index contributed by atoms with van der Waals surface area (Å²) in [5, 5.41) is 9.87. The molecular formula is C26H27NO4. The normalized spacial score (nSPS) is 17.3. The Morgan fingerprint density at radius 2 is 1.52 bits per heavy atom. The highest BCUT2D eigenvalue weighted by molar-refractivity contribution is 5.74. The maximum absolute atomic E-state index is 12.0. The van der Waals surface area contributed by atoms with Gasteiger partial charge in [-0.25, -0.2) is 0 Å². The summed E-state index contributed by atoms with van der Waals surface area (Å²) in [6.45, 7) is 0.698. The number of carboxylic acid groups (broad SMARTS) is 1. The van der Waals surface area contributed by atoms with E-state index in [0.29, 0.717) is 24.5 Å². The Morgan fingerprint density at radius 3 is 2.10 bits per heavy atom. The third-order valence-electron chi connectivity index (χ3n) is 5.98. The largest absolute Gasteiger partial charge is 0.496 e. The van der Waals surface area contributed by atoms with Gasteiger partial charge in [-0.05, 0) is 41.7 Å². The van der Waals surface area contributed by atoms with Crippen molar-refractivity contribution >= 4 is 5.97 Å². The van der Waals surface area contributed by atoms with Crippen molar-refractivity contribution in [2.24, 2.45) is 0 Å². The van der Waals surface area contributed by atoms with E-state index < -0.39 is 12.0 Å². The van der Waals surface area contributed by atoms with Gasteiger partial charge in [-0.15, -0.1) is 0 Å². The van der Waals surface area contributed by atoms with Gasteiger partial charge in [0.15, 0.2) is 0 Å². The van der Waals surface area contributed by atoms with Crippen molar-refractivity contribution < 1.29 is 19.4 Å². The van der Waals surface area contributed by atoms with Gasteiger partial charge in [0.2, 0.25) is 0 Å². The molecule has 1 aliphatic heterocycles. The van der Waals surface area contributed by atoms with Crippen LogP contribution in [0.25, 0.3) is 11.1 Å². The number of carboxylic acids is 1. The summed E-state index contributed by atoms with van der Waals surface area (Å²) in [5.41, 5.74) is 4.13. The Morgan fingerprint density at radius 1 is 0.903 bits per heavy atom. The highest BCUT2D eigenvalue weighted by Crippen LogP contribution is 2.43. The molecule has 5 nitrogen and oxygen atoms in total. The van der Waals surface area contributed by atoms with Gasteiger partial charge in [0.25, 0.3) is 0 Å². The van der Waals surface area contributed by atoms with Gasteiger partial charge in [0.1, 0.15) is 17.5 Å². The highest BCUT2D eigenvalue weighted by Gasteiger charge is 2.39. The van der Waals surface area contributed by atoms with E-state index in [-0.39, 0.29) is 6.04 Å². The van der Waals surface area contributed by atoms with Crippen molar-refractivity contribution in [1.29, 1.82) is 0 Å². The predicted octanol–water partition coefficient (Wildman–Crippen LogP) is 5.01. The number of nitrogens with zero attached hydrogens (tertiary/aromatic N) is 1. The second-order valence-electron chi connectivity index (χ2n) is 7.70. The molecule has 0 aromatic heterocycles. The van der Waals surface area contributed by atoms with Crippen molar-refractivity contribution in [2.75, 3.05) is 20.8 Å². The minimum absolute atomic E-state index is 0.292. The number of rotatable bonds is 7. The van der Waals surface area contributed by atoms with Crippen molar-refractivity contribution in [3.05, 3.63) is 83.9 Å². The summed E-state index contributed by atoms with van der Waals surface area (Å²) in [5.74, 6) is 0.581. The van der Waals surface area contributed by atoms with Gasteiger partial charge in [-0.1, -0.05) is 60.7 Å². The highest BCUT2D eigenvalue weighted by atomic mass is 16.5. The van der Waals surface area contributed by atoms with E-state index in [1.807, 2.05) is 36.4 Å². The molecule has 1 N–H and O–H groups in total. The van der Waals surface area contributed by atoms with Gasteiger partial charge in [-0.3, -0.25) is 9.69 Å². The lowest BCUT2D eigenvalue weighted by molar-refractivity contribution is -0.142. The van der Waals surface area contributed by atoms with E-state index >= 15 is 0 Å². The smallest absolute Gasteiger partial charge is 0.320 e. The molecule has 160 valence electrons. The Balaban J connectivity index is 1.83. The monoisotopic (exact) mass is 417 g/mol. The first-order valence-electron chi connectivity index (χ1n) is 10.5. The Kier molecular flexibility index (Phi) is 6.23. The summed E-state index contributed by atoms with van der Waals surface area (Å²) in [6.07, 6.45) is 1.47. The molecule has 2 unspecified atom stereocenters. The summed E-state index contributed by atoms with van der Waals surface area (Å²) < 4.78 is 11.4. The summed E-state index contributed by atoms with van der Waals surface area (Å²) >= 11 is 0. The van der Waals surface area contributed by atoms with Gasteiger partial charge < -0.3 is 14.6 Å². The van der Waals surface area contributed by atoms with E-state index in [4.69, 9.17) is 9.47 Å². The van der Waals surface area contributed by atoms with Crippen LogP contribution in [-0.4, -0.2) is 42.8 Å². The lowest BCUT2D eigenvalue weighted by atomic mass is 9.93. The van der Waals surface area contributed by atoms with Crippen LogP contribution in [0.4, 0.5) is 0 Å². The first kappa shape index (κ1) is 20.9. The first-order chi connectivity index (χ1) is 15.1. The minimum Gasteiger partial charge on any atom is -0.496 e. The number of aliphatic carboxylic acids is 1. The summed E-state index contributed by atoms with van der Waals surface area (Å²) in [4.78, 5) is 14.1. The summed E-state index contributed by atoms with van der Waals surface area (Å²) in [7, 11) is 3.26. The minimum atomic E-state index is -0.794. The van der Waals surface area contributed by atoms with Crippen LogP contribution in [0.15, 0.2) is 72.8 Å². The molecule has 31 heavy (non-hydrogen) atoms. The molecule has 0 aliphatic carbocycles. The molecule has 5 heteroatoms. The van der Waals surface area contributed by atoms with Gasteiger partial charge in [-0.2, -0.15) is 0 Å². The maximum atomic E-state index is 12.0. The van der Waals surface area contributed by atoms with Crippen LogP contribution in [0.3, 0.4) is 0 Å². The van der Waals surface area contributed by atoms with E-state index in [0.717, 1.165) is 28.7 Å². The van der Waals surface area contributed by atoms with E-state index in [1.165, 1.54) is 0 Å². The van der Waals surface area contributed by atoms with E-state index in [9.17, 15) is 9.90 Å². The fourth-order valence-electron chi connectivity index (χ4n) is 4.53. The summed E-state index contributed by atoms with van der Waals surface area (Å²) in [6, 6.07) is 23.4. The molecular weight excluding hydrogens is 390 g/mol. The quantitative estimate of drug-likeness (QED) is 0.586. The Bertz CT molecular complexity index is 1010. The molecule has 1 saturated heterocycles. The fourth-order valence-corrected chi connectivity index (χ4v) is 4.53. The third kappa shape index (κ3) is 4.14. The van der Waals surface area contributed by atoms with Crippen molar-refractivity contribution in [3.63, 3.8) is 0 Å². The zero-order valence-corrected chi connectivity index (χ0v) is 17.8. The zero-order chi connectivity index (χ0) is 21.8. The predicted molar refractivity (Wildman–Crippen MR) is 121 cm³/mol. The number of ether oxygens (including phenoxy) is 2. The van der Waals surface area contributed by atoms with Crippen LogP contribution in [0, 0.1) is 0 Å². The number of likely N-dealkylation sites (tertiary alicyclic amines) is 1. The van der Waals surface area contributed by atoms with Crippen LogP contribution in [-0.2, 0) is 4.79 Å². The number of hydrogen-bond acceptors (Lipinski definition) is 4. The average molecular weight is 418 g/mol. The van der Waals surface area contributed by atoms with Crippen molar-refractivity contribution in [1.82, 2.24) is 4.90 Å². The second kappa shape index (κ2) is 9.23. The second-order valence-corrected chi connectivity index (χ2v) is 7.70. The van der Waals surface area contributed by atoms with Crippen LogP contribution >= 0.6 is 0 Å². The van der Waals surface area contributed by atoms with Gasteiger partial charge in [0, 0.05) is 6.54 Å². The zero-order valence-electron chi connectivity index (χ0n) is 17.8. The molecule has 0 saturated carbocycles. The molecule has 3 aromatic carbocycles. The van der Waals surface area contributed by atoms with Crippen LogP contribution in [0.1, 0.15) is 30.0 Å². The van der Waals surface area contributed by atoms with Gasteiger partial charge in [0.05, 0.1) is 25.8 Å². The Labute approximate surface area is 182 Å². The number of methoxy groups -OCH3 is 2. The van der Waals surface area contributed by atoms with Crippen LogP contribution in [0.2, 0.25) is 0 Å². The number of benzene rings is 3. The Hall–Kier alpha value is -3.31. The van der Waals surface area contributed by atoms with Crippen LogP contribution in [0.5, 0.6) is 11.5 Å². The molecule has 0 bridgehead atoms. The SMILES string of the molecule is COc1cccc(OC)c1C(c1ccc(-c2ccccc2)cc1)N1CCCC1C(=O)O.